The van der Waals surface area contributed by atoms with E-state index in [-0.39, 0.29) is 18.6 Å². The summed E-state index contributed by atoms with van der Waals surface area (Å²) in [6.07, 6.45) is 1.05. The predicted molar refractivity (Wildman–Crippen MR) is 87.8 cm³/mol. The topological polar surface area (TPSA) is 65.0 Å². The molecule has 0 spiro atoms. The summed E-state index contributed by atoms with van der Waals surface area (Å²) < 4.78 is 5.73. The summed E-state index contributed by atoms with van der Waals surface area (Å²) in [5, 5.41) is 12.0. The molecule has 0 aromatic carbocycles. The number of carbonyl (C=O) groups is 1. The molecule has 0 aromatic heterocycles. The van der Waals surface area contributed by atoms with E-state index in [1.165, 1.54) is 0 Å². The van der Waals surface area contributed by atoms with Gasteiger partial charge in [-0.2, -0.15) is 0 Å². The zero-order chi connectivity index (χ0) is 16.4. The van der Waals surface area contributed by atoms with E-state index in [1.807, 2.05) is 4.90 Å². The smallest absolute Gasteiger partial charge is 0.234 e. The zero-order valence-corrected chi connectivity index (χ0v) is 14.4. The fourth-order valence-corrected chi connectivity index (χ4v) is 2.80. The van der Waals surface area contributed by atoms with Gasteiger partial charge in [-0.25, -0.2) is 0 Å². The van der Waals surface area contributed by atoms with Crippen LogP contribution in [0.5, 0.6) is 0 Å². The number of hydrogen-bond acceptors (Lipinski definition) is 5. The summed E-state index contributed by atoms with van der Waals surface area (Å²) in [4.78, 5) is 16.4. The molecule has 0 saturated carbocycles. The van der Waals surface area contributed by atoms with Crippen molar-refractivity contribution in [3.8, 4) is 0 Å². The highest BCUT2D eigenvalue weighted by Crippen LogP contribution is 2.07. The maximum absolute atomic E-state index is 12.0. The van der Waals surface area contributed by atoms with Crippen molar-refractivity contribution in [2.75, 3.05) is 59.0 Å². The van der Waals surface area contributed by atoms with Gasteiger partial charge in [0.05, 0.1) is 25.9 Å². The van der Waals surface area contributed by atoms with Crippen LogP contribution in [0.15, 0.2) is 0 Å². The first-order valence-corrected chi connectivity index (χ1v) is 8.49. The maximum Gasteiger partial charge on any atom is 0.234 e. The molecule has 0 aliphatic carbocycles. The van der Waals surface area contributed by atoms with Gasteiger partial charge in [-0.3, -0.25) is 14.6 Å². The van der Waals surface area contributed by atoms with Gasteiger partial charge in [0.15, 0.2) is 0 Å². The largest absolute Gasteiger partial charge is 0.395 e. The zero-order valence-electron chi connectivity index (χ0n) is 14.4. The number of amides is 1. The minimum atomic E-state index is 0.00600. The van der Waals surface area contributed by atoms with E-state index in [1.54, 1.807) is 0 Å². The molecule has 1 atom stereocenters. The van der Waals surface area contributed by atoms with E-state index in [0.29, 0.717) is 25.6 Å². The van der Waals surface area contributed by atoms with Crippen LogP contribution in [0.4, 0.5) is 0 Å². The van der Waals surface area contributed by atoms with Crippen molar-refractivity contribution >= 4 is 5.91 Å². The quantitative estimate of drug-likeness (QED) is 0.601. The number of aliphatic hydroxyl groups excluding tert-OH is 1. The Labute approximate surface area is 134 Å². The Balaban J connectivity index is 2.27. The van der Waals surface area contributed by atoms with Crippen molar-refractivity contribution in [1.29, 1.82) is 0 Å². The van der Waals surface area contributed by atoms with Gasteiger partial charge < -0.3 is 15.2 Å². The normalized spacial score (nSPS) is 19.8. The van der Waals surface area contributed by atoms with Gasteiger partial charge in [-0.15, -0.1) is 0 Å². The molecule has 1 fully saturated rings. The van der Waals surface area contributed by atoms with Crippen molar-refractivity contribution in [2.45, 2.75) is 33.3 Å². The Bertz CT molecular complexity index is 307. The Kier molecular flexibility index (Phi) is 9.63. The van der Waals surface area contributed by atoms with Gasteiger partial charge in [0.25, 0.3) is 0 Å². The van der Waals surface area contributed by atoms with Crippen LogP contribution in [0.2, 0.25) is 0 Å². The first-order valence-electron chi connectivity index (χ1n) is 8.49. The molecule has 1 aliphatic heterocycles. The van der Waals surface area contributed by atoms with Crippen molar-refractivity contribution in [3.63, 3.8) is 0 Å². The number of rotatable bonds is 10. The monoisotopic (exact) mass is 315 g/mol. The van der Waals surface area contributed by atoms with Crippen molar-refractivity contribution in [3.05, 3.63) is 0 Å². The average molecular weight is 315 g/mol. The number of aliphatic hydroxyl groups is 1. The summed E-state index contributed by atoms with van der Waals surface area (Å²) >= 11 is 0. The molecular formula is C16H33N3O3. The van der Waals surface area contributed by atoms with Crippen molar-refractivity contribution in [1.82, 2.24) is 15.1 Å². The molecule has 1 saturated heterocycles. The third-order valence-electron chi connectivity index (χ3n) is 3.70. The molecule has 0 unspecified atom stereocenters. The van der Waals surface area contributed by atoms with Gasteiger partial charge in [0.2, 0.25) is 5.91 Å². The number of ether oxygens (including phenoxy) is 1. The van der Waals surface area contributed by atoms with Crippen LogP contribution in [-0.4, -0.2) is 85.9 Å². The predicted octanol–water partition coefficient (Wildman–Crippen LogP) is 0.164. The van der Waals surface area contributed by atoms with Crippen LogP contribution < -0.4 is 5.32 Å². The lowest BCUT2D eigenvalue weighted by Crippen LogP contribution is -2.49. The molecule has 130 valence electrons. The van der Waals surface area contributed by atoms with Crippen LogP contribution in [0, 0.1) is 5.92 Å². The van der Waals surface area contributed by atoms with Gasteiger partial charge in [-0.1, -0.05) is 20.8 Å². The van der Waals surface area contributed by atoms with Gasteiger partial charge in [0, 0.05) is 32.7 Å². The molecule has 22 heavy (non-hydrogen) atoms. The standard InChI is InChI=1S/C16H33N3O3/c1-4-5-18(6-8-20)13-16(21)17-10-15-12-19(7-9-22-15)11-14(2)3/h14-15,20H,4-13H2,1-3H3,(H,17,21)/t15-/m1/s1. The van der Waals surface area contributed by atoms with Crippen LogP contribution >= 0.6 is 0 Å². The van der Waals surface area contributed by atoms with Crippen LogP contribution in [0.25, 0.3) is 0 Å². The summed E-state index contributed by atoms with van der Waals surface area (Å²) in [5.74, 6) is 0.654. The van der Waals surface area contributed by atoms with E-state index < -0.39 is 0 Å². The lowest BCUT2D eigenvalue weighted by atomic mass is 10.2. The fourth-order valence-electron chi connectivity index (χ4n) is 2.80. The Hall–Kier alpha value is -0.690. The first-order chi connectivity index (χ1) is 10.5. The van der Waals surface area contributed by atoms with E-state index >= 15 is 0 Å². The average Bonchev–Trinajstić information content (AvgIpc) is 2.45. The number of nitrogens with zero attached hydrogens (tertiary/aromatic N) is 2. The molecule has 0 radical (unpaired) electrons. The minimum absolute atomic E-state index is 0.00600. The van der Waals surface area contributed by atoms with Gasteiger partial charge in [-0.05, 0) is 18.9 Å². The molecular weight excluding hydrogens is 282 g/mol. The van der Waals surface area contributed by atoms with Gasteiger partial charge >= 0.3 is 0 Å². The number of hydrogen-bond donors (Lipinski definition) is 2. The van der Waals surface area contributed by atoms with E-state index in [0.717, 1.165) is 39.2 Å². The second-order valence-electron chi connectivity index (χ2n) is 6.45. The summed E-state index contributed by atoms with van der Waals surface area (Å²) in [6, 6.07) is 0. The highest BCUT2D eigenvalue weighted by Gasteiger charge is 2.21. The van der Waals surface area contributed by atoms with E-state index in [2.05, 4.69) is 31.0 Å². The number of morpholine rings is 1. The highest BCUT2D eigenvalue weighted by molar-refractivity contribution is 5.78. The lowest BCUT2D eigenvalue weighted by Gasteiger charge is -2.34. The fraction of sp³-hybridized carbons (Fsp3) is 0.938. The second-order valence-corrected chi connectivity index (χ2v) is 6.45. The molecule has 1 rings (SSSR count). The lowest BCUT2D eigenvalue weighted by molar-refractivity contribution is -0.123. The minimum Gasteiger partial charge on any atom is -0.395 e. The third kappa shape index (κ3) is 8.08. The van der Waals surface area contributed by atoms with Crippen molar-refractivity contribution < 1.29 is 14.6 Å². The first kappa shape index (κ1) is 19.4. The molecule has 1 amide bonds. The van der Waals surface area contributed by atoms with E-state index in [4.69, 9.17) is 9.84 Å². The molecule has 1 aliphatic rings. The summed E-state index contributed by atoms with van der Waals surface area (Å²) in [7, 11) is 0. The molecule has 2 N–H and O–H groups in total. The van der Waals surface area contributed by atoms with Crippen LogP contribution in [0.1, 0.15) is 27.2 Å². The van der Waals surface area contributed by atoms with E-state index in [9.17, 15) is 4.79 Å². The number of nitrogens with one attached hydrogen (secondary N) is 1. The summed E-state index contributed by atoms with van der Waals surface area (Å²) in [6.45, 7) is 12.5. The Morgan fingerprint density at radius 3 is 2.86 bits per heavy atom. The molecule has 6 heteroatoms. The van der Waals surface area contributed by atoms with Crippen LogP contribution in [0.3, 0.4) is 0 Å². The Morgan fingerprint density at radius 2 is 2.23 bits per heavy atom. The van der Waals surface area contributed by atoms with Crippen LogP contribution in [-0.2, 0) is 9.53 Å². The van der Waals surface area contributed by atoms with Crippen molar-refractivity contribution in [2.24, 2.45) is 5.92 Å². The molecule has 0 aromatic rings. The van der Waals surface area contributed by atoms with Gasteiger partial charge in [0.1, 0.15) is 0 Å². The molecule has 1 heterocycles. The SMILES string of the molecule is CCCN(CCO)CC(=O)NC[C@@H]1CN(CC(C)C)CCO1. The summed E-state index contributed by atoms with van der Waals surface area (Å²) in [5.41, 5.74) is 0. The number of carbonyl (C=O) groups excluding carboxylic acids is 1. The third-order valence-corrected chi connectivity index (χ3v) is 3.70. The maximum atomic E-state index is 12.0. The molecule has 6 nitrogen and oxygen atoms in total. The Morgan fingerprint density at radius 1 is 1.45 bits per heavy atom. The molecule has 0 bridgehead atoms. The second kappa shape index (κ2) is 10.9. The highest BCUT2D eigenvalue weighted by atomic mass is 16.5.